The maximum absolute atomic E-state index is 13.6. The second-order valence-electron chi connectivity index (χ2n) is 4.55. The van der Waals surface area contributed by atoms with Gasteiger partial charge in [0.15, 0.2) is 0 Å². The molecule has 0 radical (unpaired) electrons. The minimum atomic E-state index is -0.462. The van der Waals surface area contributed by atoms with E-state index in [1.54, 1.807) is 12.1 Å². The molecule has 0 saturated heterocycles. The monoisotopic (exact) mass is 281 g/mol. The second kappa shape index (κ2) is 5.68. The first-order chi connectivity index (χ1) is 8.97. The molecule has 1 nitrogen and oxygen atoms in total. The highest BCUT2D eigenvalue weighted by Crippen LogP contribution is 2.24. The predicted octanol–water partition coefficient (Wildman–Crippen LogP) is 4.17. The molecule has 0 aromatic heterocycles. The van der Waals surface area contributed by atoms with Gasteiger partial charge >= 0.3 is 0 Å². The summed E-state index contributed by atoms with van der Waals surface area (Å²) in [7, 11) is 0. The average Bonchev–Trinajstić information content (AvgIpc) is 2.33. The molecule has 1 atom stereocenters. The lowest BCUT2D eigenvalue weighted by atomic mass is 9.96. The fourth-order valence-corrected chi connectivity index (χ4v) is 2.33. The minimum absolute atomic E-state index is 0.242. The maximum Gasteiger partial charge on any atom is 0.126 e. The van der Waals surface area contributed by atoms with Gasteiger partial charge in [-0.05, 0) is 60.4 Å². The third-order valence-electron chi connectivity index (χ3n) is 3.08. The van der Waals surface area contributed by atoms with E-state index in [-0.39, 0.29) is 12.0 Å². The maximum atomic E-state index is 13.6. The molecule has 0 amide bonds. The predicted molar refractivity (Wildman–Crippen MR) is 73.2 cm³/mol. The van der Waals surface area contributed by atoms with Gasteiger partial charge in [-0.1, -0.05) is 17.7 Å². The van der Waals surface area contributed by atoms with Crippen LogP contribution in [0.3, 0.4) is 0 Å². The SMILES string of the molecule is Cc1cc(Cl)ccc1C(N)Cc1cc(F)ccc1F. The van der Waals surface area contributed by atoms with Crippen molar-refractivity contribution in [3.8, 4) is 0 Å². The molecule has 0 bridgehead atoms. The van der Waals surface area contributed by atoms with Gasteiger partial charge in [-0.3, -0.25) is 0 Å². The largest absolute Gasteiger partial charge is 0.324 e. The first-order valence-corrected chi connectivity index (χ1v) is 6.30. The molecule has 2 rings (SSSR count). The summed E-state index contributed by atoms with van der Waals surface area (Å²) < 4.78 is 26.7. The standard InChI is InChI=1S/C15H14ClF2N/c1-9-6-11(16)2-4-13(9)15(19)8-10-7-12(17)3-5-14(10)18/h2-7,15H,8,19H2,1H3. The van der Waals surface area contributed by atoms with Gasteiger partial charge < -0.3 is 5.73 Å². The first kappa shape index (κ1) is 14.0. The summed E-state index contributed by atoms with van der Waals surface area (Å²) in [5, 5.41) is 0.630. The molecule has 4 heteroatoms. The Morgan fingerprint density at radius 3 is 2.58 bits per heavy atom. The van der Waals surface area contributed by atoms with Gasteiger partial charge in [0.2, 0.25) is 0 Å². The van der Waals surface area contributed by atoms with Crippen molar-refractivity contribution in [3.05, 3.63) is 69.7 Å². The zero-order chi connectivity index (χ0) is 14.0. The zero-order valence-electron chi connectivity index (χ0n) is 10.5. The molecule has 2 aromatic rings. The molecule has 19 heavy (non-hydrogen) atoms. The van der Waals surface area contributed by atoms with E-state index in [1.807, 2.05) is 13.0 Å². The van der Waals surface area contributed by atoms with Crippen molar-refractivity contribution in [2.75, 3.05) is 0 Å². The van der Waals surface area contributed by atoms with Crippen LogP contribution in [0.25, 0.3) is 0 Å². The number of hydrogen-bond donors (Lipinski definition) is 1. The van der Waals surface area contributed by atoms with Crippen LogP contribution in [-0.4, -0.2) is 0 Å². The van der Waals surface area contributed by atoms with Gasteiger partial charge in [-0.2, -0.15) is 0 Å². The minimum Gasteiger partial charge on any atom is -0.324 e. The summed E-state index contributed by atoms with van der Waals surface area (Å²) >= 11 is 5.88. The highest BCUT2D eigenvalue weighted by molar-refractivity contribution is 6.30. The first-order valence-electron chi connectivity index (χ1n) is 5.93. The van der Waals surface area contributed by atoms with E-state index < -0.39 is 17.7 Å². The number of hydrogen-bond acceptors (Lipinski definition) is 1. The Labute approximate surface area is 116 Å². The van der Waals surface area contributed by atoms with Crippen LogP contribution in [0.15, 0.2) is 36.4 Å². The van der Waals surface area contributed by atoms with Gasteiger partial charge in [0.25, 0.3) is 0 Å². The Bertz CT molecular complexity index is 599. The van der Waals surface area contributed by atoms with Crippen LogP contribution in [0.4, 0.5) is 8.78 Å². The Balaban J connectivity index is 2.25. The van der Waals surface area contributed by atoms with Crippen molar-refractivity contribution >= 4 is 11.6 Å². The van der Waals surface area contributed by atoms with E-state index in [0.29, 0.717) is 5.02 Å². The van der Waals surface area contributed by atoms with Crippen LogP contribution in [0.5, 0.6) is 0 Å². The molecule has 0 saturated carbocycles. The van der Waals surface area contributed by atoms with Gasteiger partial charge in [0.1, 0.15) is 11.6 Å². The van der Waals surface area contributed by atoms with Crippen LogP contribution in [-0.2, 0) is 6.42 Å². The quantitative estimate of drug-likeness (QED) is 0.898. The molecule has 0 fully saturated rings. The fourth-order valence-electron chi connectivity index (χ4n) is 2.10. The Morgan fingerprint density at radius 2 is 1.89 bits per heavy atom. The number of aryl methyl sites for hydroxylation is 1. The summed E-state index contributed by atoms with van der Waals surface area (Å²) in [6, 6.07) is 8.36. The van der Waals surface area contributed by atoms with E-state index in [9.17, 15) is 8.78 Å². The Hall–Kier alpha value is -1.45. The molecular weight excluding hydrogens is 268 g/mol. The molecule has 100 valence electrons. The highest BCUT2D eigenvalue weighted by atomic mass is 35.5. The van der Waals surface area contributed by atoms with Crippen molar-refractivity contribution in [2.45, 2.75) is 19.4 Å². The number of halogens is 3. The van der Waals surface area contributed by atoms with Crippen LogP contribution < -0.4 is 5.73 Å². The third kappa shape index (κ3) is 3.31. The van der Waals surface area contributed by atoms with Crippen molar-refractivity contribution in [1.82, 2.24) is 0 Å². The van der Waals surface area contributed by atoms with Gasteiger partial charge in [-0.25, -0.2) is 8.78 Å². The molecule has 0 heterocycles. The summed E-state index contributed by atoms with van der Waals surface area (Å²) in [4.78, 5) is 0. The molecule has 2 aromatic carbocycles. The van der Waals surface area contributed by atoms with Crippen LogP contribution in [0, 0.1) is 18.6 Å². The zero-order valence-corrected chi connectivity index (χ0v) is 11.2. The van der Waals surface area contributed by atoms with E-state index in [0.717, 1.165) is 23.3 Å². The van der Waals surface area contributed by atoms with Crippen molar-refractivity contribution in [2.24, 2.45) is 5.73 Å². The highest BCUT2D eigenvalue weighted by Gasteiger charge is 2.13. The lowest BCUT2D eigenvalue weighted by Gasteiger charge is -2.15. The van der Waals surface area contributed by atoms with Gasteiger partial charge in [-0.15, -0.1) is 0 Å². The summed E-state index contributed by atoms with van der Waals surface area (Å²) in [6.45, 7) is 1.89. The summed E-state index contributed by atoms with van der Waals surface area (Å²) in [5.41, 5.74) is 8.17. The molecule has 1 unspecified atom stereocenters. The number of rotatable bonds is 3. The summed E-state index contributed by atoms with van der Waals surface area (Å²) in [6.07, 6.45) is 0.242. The van der Waals surface area contributed by atoms with E-state index in [1.165, 1.54) is 6.07 Å². The topological polar surface area (TPSA) is 26.0 Å². The van der Waals surface area contributed by atoms with Crippen LogP contribution in [0.1, 0.15) is 22.7 Å². The molecule has 0 aliphatic carbocycles. The van der Waals surface area contributed by atoms with E-state index in [4.69, 9.17) is 17.3 Å². The lowest BCUT2D eigenvalue weighted by molar-refractivity contribution is 0.572. The number of nitrogens with two attached hydrogens (primary N) is 1. The lowest BCUT2D eigenvalue weighted by Crippen LogP contribution is -2.15. The second-order valence-corrected chi connectivity index (χ2v) is 4.98. The normalized spacial score (nSPS) is 12.5. The Morgan fingerprint density at radius 1 is 1.16 bits per heavy atom. The van der Waals surface area contributed by atoms with Crippen molar-refractivity contribution in [1.29, 1.82) is 0 Å². The molecule has 0 spiro atoms. The number of benzene rings is 2. The van der Waals surface area contributed by atoms with Gasteiger partial charge in [0.05, 0.1) is 0 Å². The molecule has 0 aliphatic heterocycles. The Kier molecular flexibility index (Phi) is 4.17. The smallest absolute Gasteiger partial charge is 0.126 e. The fraction of sp³-hybridized carbons (Fsp3) is 0.200. The molecule has 2 N–H and O–H groups in total. The van der Waals surface area contributed by atoms with Gasteiger partial charge in [0, 0.05) is 11.1 Å². The van der Waals surface area contributed by atoms with Crippen LogP contribution in [0.2, 0.25) is 5.02 Å². The third-order valence-corrected chi connectivity index (χ3v) is 3.31. The summed E-state index contributed by atoms with van der Waals surface area (Å²) in [5.74, 6) is -0.903. The van der Waals surface area contributed by atoms with E-state index in [2.05, 4.69) is 0 Å². The molecular formula is C15H14ClF2N. The van der Waals surface area contributed by atoms with Crippen molar-refractivity contribution in [3.63, 3.8) is 0 Å². The van der Waals surface area contributed by atoms with Crippen molar-refractivity contribution < 1.29 is 8.78 Å². The molecule has 0 aliphatic rings. The van der Waals surface area contributed by atoms with E-state index >= 15 is 0 Å². The van der Waals surface area contributed by atoms with Crippen LogP contribution >= 0.6 is 11.6 Å². The average molecular weight is 282 g/mol.